The molecule has 6 nitrogen and oxygen atoms in total. The van der Waals surface area contributed by atoms with Crippen LogP contribution in [0.4, 0.5) is 22.0 Å². The first-order valence-corrected chi connectivity index (χ1v) is 19.4. The fourth-order valence-electron chi connectivity index (χ4n) is 8.41. The molecule has 2 saturated carbocycles. The van der Waals surface area contributed by atoms with Crippen LogP contribution in [0.25, 0.3) is 0 Å². The summed E-state index contributed by atoms with van der Waals surface area (Å²) < 4.78 is 103. The van der Waals surface area contributed by atoms with Crippen LogP contribution in [0.15, 0.2) is 30.4 Å². The van der Waals surface area contributed by atoms with E-state index < -0.39 is 52.1 Å². The smallest absolute Gasteiger partial charge is 0.389 e. The zero-order valence-corrected chi connectivity index (χ0v) is 28.1. The van der Waals surface area contributed by atoms with Gasteiger partial charge in [0.2, 0.25) is 0 Å². The van der Waals surface area contributed by atoms with Crippen LogP contribution in [0.3, 0.4) is 0 Å². The number of fused-ring (bicyclic) bond motifs is 5. The van der Waals surface area contributed by atoms with Gasteiger partial charge in [-0.2, -0.15) is 35.5 Å². The fourth-order valence-corrected chi connectivity index (χ4v) is 9.98. The second-order valence-corrected chi connectivity index (χ2v) is 16.7. The molecule has 0 spiro atoms. The number of benzene rings is 1. The van der Waals surface area contributed by atoms with Gasteiger partial charge in [0, 0.05) is 28.7 Å². The van der Waals surface area contributed by atoms with Crippen molar-refractivity contribution in [3.05, 3.63) is 41.5 Å². The third-order valence-electron chi connectivity index (χ3n) is 10.8. The third-order valence-corrected chi connectivity index (χ3v) is 12.7. The standard InChI is InChI=1S/C33H48F5NO5S2/c1-22-29(40)21-28-30-23(11-8-6-4-3-5-7-9-17-45(41)18-10-15-32(34,35)33(36,37)38)19-24-20-25(44-46(39,42)43)12-13-26(24)27(30)14-16-31(22,28)2/h12-13,20,23,27-30,40H,1,3-11,14-19,21H2,2H3,(H2,39,42,43)/t23-,27-,28+,29-,30-,31-,45?/m1/s1. The first kappa shape index (κ1) is 37.3. The fraction of sp³-hybridized carbons (Fsp3) is 0.758. The van der Waals surface area contributed by atoms with Gasteiger partial charge in [0.1, 0.15) is 5.75 Å². The van der Waals surface area contributed by atoms with Crippen LogP contribution in [0.5, 0.6) is 5.75 Å². The van der Waals surface area contributed by atoms with Crippen LogP contribution in [0, 0.1) is 23.2 Å². The van der Waals surface area contributed by atoms with Crippen molar-refractivity contribution in [2.45, 2.75) is 121 Å². The summed E-state index contributed by atoms with van der Waals surface area (Å²) in [5, 5.41) is 15.9. The van der Waals surface area contributed by atoms with Crippen LogP contribution in [-0.4, -0.2) is 47.4 Å². The number of halogens is 5. The number of aliphatic hydroxyl groups is 1. The number of rotatable bonds is 16. The highest BCUT2D eigenvalue weighted by Crippen LogP contribution is 2.64. The van der Waals surface area contributed by atoms with Crippen LogP contribution < -0.4 is 9.32 Å². The van der Waals surface area contributed by atoms with Gasteiger partial charge in [-0.25, -0.2) is 0 Å². The van der Waals surface area contributed by atoms with Crippen molar-refractivity contribution < 1.29 is 43.9 Å². The average molecular weight is 698 g/mol. The molecular weight excluding hydrogens is 649 g/mol. The van der Waals surface area contributed by atoms with E-state index in [0.717, 1.165) is 81.8 Å². The van der Waals surface area contributed by atoms with E-state index in [9.17, 15) is 39.7 Å². The summed E-state index contributed by atoms with van der Waals surface area (Å²) in [6.07, 6.45) is 3.23. The van der Waals surface area contributed by atoms with E-state index in [0.29, 0.717) is 35.8 Å². The Balaban J connectivity index is 1.24. The van der Waals surface area contributed by atoms with Crippen molar-refractivity contribution >= 4 is 21.1 Å². The molecule has 1 unspecified atom stereocenters. The van der Waals surface area contributed by atoms with Gasteiger partial charge in [0.05, 0.1) is 6.10 Å². The number of unbranched alkanes of at least 4 members (excludes halogenated alkanes) is 6. The monoisotopic (exact) mass is 697 g/mol. The minimum atomic E-state index is -5.57. The molecule has 0 aliphatic heterocycles. The van der Waals surface area contributed by atoms with Crippen molar-refractivity contribution in [3.8, 4) is 5.75 Å². The topological polar surface area (TPSA) is 107 Å². The van der Waals surface area contributed by atoms with Crippen LogP contribution in [-0.2, 0) is 27.5 Å². The highest BCUT2D eigenvalue weighted by Gasteiger charge is 2.57. The summed E-state index contributed by atoms with van der Waals surface area (Å²) in [6.45, 7) is 6.54. The number of aliphatic hydroxyl groups excluding tert-OH is 1. The summed E-state index contributed by atoms with van der Waals surface area (Å²) in [4.78, 5) is 0. The van der Waals surface area contributed by atoms with E-state index >= 15 is 0 Å². The largest absolute Gasteiger partial charge is 0.453 e. The van der Waals surface area contributed by atoms with E-state index in [1.165, 1.54) is 5.56 Å². The van der Waals surface area contributed by atoms with E-state index in [-0.39, 0.29) is 16.9 Å². The second kappa shape index (κ2) is 14.9. The van der Waals surface area contributed by atoms with E-state index in [1.807, 2.05) is 12.1 Å². The van der Waals surface area contributed by atoms with Crippen LogP contribution in [0.2, 0.25) is 0 Å². The molecule has 3 aliphatic rings. The molecule has 0 amide bonds. The lowest BCUT2D eigenvalue weighted by molar-refractivity contribution is -0.284. The van der Waals surface area contributed by atoms with Crippen molar-refractivity contribution in [3.63, 3.8) is 0 Å². The van der Waals surface area contributed by atoms with Gasteiger partial charge in [-0.3, -0.25) is 4.21 Å². The van der Waals surface area contributed by atoms with Gasteiger partial charge in [-0.05, 0) is 103 Å². The molecule has 0 bridgehead atoms. The molecule has 1 aromatic rings. The number of alkyl halides is 5. The highest BCUT2D eigenvalue weighted by molar-refractivity contribution is 7.85. The third kappa shape index (κ3) is 8.91. The lowest BCUT2D eigenvalue weighted by Gasteiger charge is -2.52. The second-order valence-electron chi connectivity index (χ2n) is 13.8. The summed E-state index contributed by atoms with van der Waals surface area (Å²) in [7, 11) is -5.53. The summed E-state index contributed by atoms with van der Waals surface area (Å²) in [5.74, 6) is -2.93. The quantitative estimate of drug-likeness (QED) is 0.105. The Morgan fingerprint density at radius 1 is 1.04 bits per heavy atom. The minimum Gasteiger partial charge on any atom is -0.389 e. The molecule has 0 saturated heterocycles. The molecule has 4 rings (SSSR count). The molecular formula is C33H48F5NO5S2. The van der Waals surface area contributed by atoms with E-state index in [2.05, 4.69) is 13.5 Å². The number of nitrogens with two attached hydrogens (primary N) is 1. The predicted octanol–water partition coefficient (Wildman–Crippen LogP) is 7.73. The molecule has 0 radical (unpaired) electrons. The van der Waals surface area contributed by atoms with Crippen molar-refractivity contribution in [2.75, 3.05) is 11.5 Å². The minimum absolute atomic E-state index is 0.0924. The SMILES string of the molecule is C=C1[C@H](O)C[C@H]2[C@@H]3[C@H](CCCCCCCCCS(=O)CCCC(F)(F)C(F)(F)F)Cc4cc(OS(N)(=O)=O)ccc4[C@H]3CC[C@]12C. The normalized spacial score (nSPS) is 28.8. The number of hydrogen-bond donors (Lipinski definition) is 2. The van der Waals surface area contributed by atoms with Crippen LogP contribution >= 0.6 is 0 Å². The molecule has 262 valence electrons. The lowest BCUT2D eigenvalue weighted by Crippen LogP contribution is -2.44. The number of hydrogen-bond acceptors (Lipinski definition) is 5. The van der Waals surface area contributed by atoms with Crippen molar-refractivity contribution in [1.82, 2.24) is 0 Å². The van der Waals surface area contributed by atoms with E-state index in [4.69, 9.17) is 9.32 Å². The molecule has 0 aromatic heterocycles. The van der Waals surface area contributed by atoms with Gasteiger partial charge in [-0.15, -0.1) is 0 Å². The summed E-state index contributed by atoms with van der Waals surface area (Å²) >= 11 is 0. The maximum atomic E-state index is 13.0. The highest BCUT2D eigenvalue weighted by atomic mass is 32.2. The molecule has 1 aromatic carbocycles. The Morgan fingerprint density at radius 2 is 1.67 bits per heavy atom. The zero-order valence-electron chi connectivity index (χ0n) is 26.5. The Labute approximate surface area is 272 Å². The molecule has 7 atom stereocenters. The average Bonchev–Trinajstić information content (AvgIpc) is 3.18. The molecule has 0 heterocycles. The van der Waals surface area contributed by atoms with Gasteiger partial charge in [-0.1, -0.05) is 58.1 Å². The van der Waals surface area contributed by atoms with Gasteiger partial charge in [0.25, 0.3) is 0 Å². The molecule has 2 fully saturated rings. The Hall–Kier alpha value is -1.57. The summed E-state index contributed by atoms with van der Waals surface area (Å²) in [6, 6.07) is 5.47. The van der Waals surface area contributed by atoms with Crippen LogP contribution in [0.1, 0.15) is 107 Å². The lowest BCUT2D eigenvalue weighted by atomic mass is 9.52. The first-order chi connectivity index (χ1) is 21.4. The maximum absolute atomic E-state index is 13.0. The van der Waals surface area contributed by atoms with Gasteiger partial charge < -0.3 is 9.29 Å². The molecule has 3 aliphatic carbocycles. The zero-order chi connectivity index (χ0) is 33.9. The van der Waals surface area contributed by atoms with Gasteiger partial charge in [0.15, 0.2) is 0 Å². The van der Waals surface area contributed by atoms with Gasteiger partial charge >= 0.3 is 22.4 Å². The van der Waals surface area contributed by atoms with E-state index in [1.54, 1.807) is 6.07 Å². The predicted molar refractivity (Wildman–Crippen MR) is 169 cm³/mol. The molecule has 3 N–H and O–H groups in total. The Morgan fingerprint density at radius 3 is 2.33 bits per heavy atom. The summed E-state index contributed by atoms with van der Waals surface area (Å²) in [5.41, 5.74) is 3.19. The maximum Gasteiger partial charge on any atom is 0.453 e. The molecule has 13 heteroatoms. The molecule has 46 heavy (non-hydrogen) atoms. The Bertz CT molecular complexity index is 1350. The Kier molecular flexibility index (Phi) is 12.1. The first-order valence-electron chi connectivity index (χ1n) is 16.4. The van der Waals surface area contributed by atoms with Crippen molar-refractivity contribution in [1.29, 1.82) is 0 Å². The van der Waals surface area contributed by atoms with Crippen molar-refractivity contribution in [2.24, 2.45) is 28.3 Å².